The van der Waals surface area contributed by atoms with Gasteiger partial charge in [0.2, 0.25) is 5.95 Å². The van der Waals surface area contributed by atoms with Crippen LogP contribution >= 0.6 is 0 Å². The van der Waals surface area contributed by atoms with Crippen molar-refractivity contribution in [3.8, 4) is 0 Å². The van der Waals surface area contributed by atoms with Crippen LogP contribution in [0.4, 0.5) is 11.6 Å². The van der Waals surface area contributed by atoms with Crippen LogP contribution in [0.25, 0.3) is 16.6 Å². The first-order valence-corrected chi connectivity index (χ1v) is 7.68. The van der Waals surface area contributed by atoms with E-state index in [0.29, 0.717) is 11.9 Å². The highest BCUT2D eigenvalue weighted by Crippen LogP contribution is 2.23. The summed E-state index contributed by atoms with van der Waals surface area (Å²) in [7, 11) is 0. The fourth-order valence-corrected chi connectivity index (χ4v) is 2.67. The molecule has 0 atom stereocenters. The molecule has 0 saturated heterocycles. The van der Waals surface area contributed by atoms with Crippen LogP contribution < -0.4 is 5.32 Å². The summed E-state index contributed by atoms with van der Waals surface area (Å²) in [5.41, 5.74) is 4.01. The number of hydrogen-bond donors (Lipinski definition) is 1. The Bertz CT molecular complexity index is 970. The van der Waals surface area contributed by atoms with Crippen LogP contribution in [-0.2, 0) is 0 Å². The number of para-hydroxylation sites is 1. The summed E-state index contributed by atoms with van der Waals surface area (Å²) in [6.45, 7) is 4.38. The van der Waals surface area contributed by atoms with E-state index in [-0.39, 0.29) is 0 Å². The number of fused-ring (bicyclic) bond motifs is 3. The van der Waals surface area contributed by atoms with Crippen molar-refractivity contribution < 1.29 is 0 Å². The van der Waals surface area contributed by atoms with Gasteiger partial charge in [-0.05, 0) is 35.7 Å². The molecule has 0 aliphatic heterocycles. The number of nitrogens with one attached hydrogen (secondary N) is 1. The van der Waals surface area contributed by atoms with Crippen LogP contribution in [0.2, 0.25) is 0 Å². The fourth-order valence-electron chi connectivity index (χ4n) is 2.67. The molecule has 0 aliphatic carbocycles. The third-order valence-corrected chi connectivity index (χ3v) is 3.98. The second-order valence-corrected chi connectivity index (χ2v) is 5.88. The van der Waals surface area contributed by atoms with Crippen molar-refractivity contribution in [3.63, 3.8) is 0 Å². The molecule has 23 heavy (non-hydrogen) atoms. The SMILES string of the molecule is CC(C)c1ccc(Nc2nc3ccccc3c3nncn23)cc1. The molecule has 5 nitrogen and oxygen atoms in total. The first-order chi connectivity index (χ1) is 11.2. The number of aromatic nitrogens is 4. The molecule has 0 radical (unpaired) electrons. The summed E-state index contributed by atoms with van der Waals surface area (Å²) in [4.78, 5) is 4.70. The van der Waals surface area contributed by atoms with E-state index in [1.165, 1.54) is 5.56 Å². The number of benzene rings is 2. The molecular formula is C18H17N5. The molecule has 5 heteroatoms. The molecule has 0 spiro atoms. The van der Waals surface area contributed by atoms with Gasteiger partial charge < -0.3 is 5.32 Å². The van der Waals surface area contributed by atoms with E-state index >= 15 is 0 Å². The maximum Gasteiger partial charge on any atom is 0.215 e. The molecule has 0 bridgehead atoms. The van der Waals surface area contributed by atoms with Crippen LogP contribution in [0, 0.1) is 0 Å². The van der Waals surface area contributed by atoms with Gasteiger partial charge in [0, 0.05) is 11.1 Å². The Balaban J connectivity index is 1.79. The summed E-state index contributed by atoms with van der Waals surface area (Å²) in [6.07, 6.45) is 1.68. The second-order valence-electron chi connectivity index (χ2n) is 5.88. The smallest absolute Gasteiger partial charge is 0.215 e. The highest BCUT2D eigenvalue weighted by Gasteiger charge is 2.09. The molecule has 114 valence electrons. The van der Waals surface area contributed by atoms with Gasteiger partial charge in [0.05, 0.1) is 5.52 Å². The molecule has 2 aromatic carbocycles. The Hall–Kier alpha value is -2.95. The van der Waals surface area contributed by atoms with E-state index in [4.69, 9.17) is 4.98 Å². The van der Waals surface area contributed by atoms with Crippen LogP contribution in [0.5, 0.6) is 0 Å². The van der Waals surface area contributed by atoms with Crippen molar-refractivity contribution in [1.29, 1.82) is 0 Å². The van der Waals surface area contributed by atoms with Crippen molar-refractivity contribution in [2.75, 3.05) is 5.32 Å². The minimum absolute atomic E-state index is 0.521. The predicted molar refractivity (Wildman–Crippen MR) is 92.1 cm³/mol. The van der Waals surface area contributed by atoms with Gasteiger partial charge in [-0.3, -0.25) is 4.40 Å². The number of rotatable bonds is 3. The van der Waals surface area contributed by atoms with Crippen LogP contribution in [0.15, 0.2) is 54.9 Å². The standard InChI is InChI=1S/C18H17N5/c1-12(2)13-7-9-14(10-8-13)20-18-21-16-6-4-3-5-15(16)17-22-19-11-23(17)18/h3-12H,1-2H3,(H,20,21). The van der Waals surface area contributed by atoms with E-state index < -0.39 is 0 Å². The first-order valence-electron chi connectivity index (χ1n) is 7.68. The molecule has 0 saturated carbocycles. The van der Waals surface area contributed by atoms with E-state index in [2.05, 4.69) is 53.6 Å². The van der Waals surface area contributed by atoms with E-state index in [9.17, 15) is 0 Å². The van der Waals surface area contributed by atoms with Crippen LogP contribution in [0.3, 0.4) is 0 Å². The highest BCUT2D eigenvalue weighted by atomic mass is 15.3. The Labute approximate surface area is 134 Å². The van der Waals surface area contributed by atoms with Crippen LogP contribution in [-0.4, -0.2) is 19.6 Å². The van der Waals surface area contributed by atoms with Crippen molar-refractivity contribution in [2.45, 2.75) is 19.8 Å². The zero-order chi connectivity index (χ0) is 15.8. The molecule has 0 unspecified atom stereocenters. The third kappa shape index (κ3) is 2.40. The Morgan fingerprint density at radius 1 is 1.00 bits per heavy atom. The van der Waals surface area contributed by atoms with Crippen molar-refractivity contribution >= 4 is 28.2 Å². The average molecular weight is 303 g/mol. The zero-order valence-corrected chi connectivity index (χ0v) is 13.1. The predicted octanol–water partition coefficient (Wildman–Crippen LogP) is 4.14. The minimum Gasteiger partial charge on any atom is -0.325 e. The molecule has 0 amide bonds. The molecule has 2 aromatic heterocycles. The summed E-state index contributed by atoms with van der Waals surface area (Å²) in [5.74, 6) is 1.23. The molecule has 0 fully saturated rings. The van der Waals surface area contributed by atoms with Gasteiger partial charge in [0.15, 0.2) is 5.65 Å². The zero-order valence-electron chi connectivity index (χ0n) is 13.1. The van der Waals surface area contributed by atoms with Crippen molar-refractivity contribution in [2.24, 2.45) is 0 Å². The molecular weight excluding hydrogens is 286 g/mol. The lowest BCUT2D eigenvalue weighted by molar-refractivity contribution is 0.867. The van der Waals surface area contributed by atoms with Crippen molar-refractivity contribution in [1.82, 2.24) is 19.6 Å². The molecule has 4 rings (SSSR count). The topological polar surface area (TPSA) is 55.1 Å². The summed E-state index contributed by atoms with van der Waals surface area (Å²) < 4.78 is 1.87. The van der Waals surface area contributed by atoms with E-state index in [0.717, 1.165) is 22.2 Å². The summed E-state index contributed by atoms with van der Waals surface area (Å²) in [5, 5.41) is 12.6. The Morgan fingerprint density at radius 3 is 2.57 bits per heavy atom. The monoisotopic (exact) mass is 303 g/mol. The third-order valence-electron chi connectivity index (χ3n) is 3.98. The molecule has 2 heterocycles. The maximum absolute atomic E-state index is 4.70. The maximum atomic E-state index is 4.70. The van der Waals surface area contributed by atoms with E-state index in [1.807, 2.05) is 28.7 Å². The van der Waals surface area contributed by atoms with Gasteiger partial charge in [0.1, 0.15) is 6.33 Å². The second kappa shape index (κ2) is 5.35. The van der Waals surface area contributed by atoms with E-state index in [1.54, 1.807) is 6.33 Å². The largest absolute Gasteiger partial charge is 0.325 e. The van der Waals surface area contributed by atoms with Gasteiger partial charge in [-0.1, -0.05) is 38.1 Å². The quantitative estimate of drug-likeness (QED) is 0.618. The molecule has 1 N–H and O–H groups in total. The van der Waals surface area contributed by atoms with Crippen LogP contribution in [0.1, 0.15) is 25.3 Å². The molecule has 4 aromatic rings. The van der Waals surface area contributed by atoms with Gasteiger partial charge in [-0.2, -0.15) is 0 Å². The van der Waals surface area contributed by atoms with Crippen molar-refractivity contribution in [3.05, 3.63) is 60.4 Å². The lowest BCUT2D eigenvalue weighted by Crippen LogP contribution is -2.02. The number of hydrogen-bond acceptors (Lipinski definition) is 4. The lowest BCUT2D eigenvalue weighted by Gasteiger charge is -2.11. The van der Waals surface area contributed by atoms with Gasteiger partial charge in [-0.25, -0.2) is 4.98 Å². The fraction of sp³-hybridized carbons (Fsp3) is 0.167. The van der Waals surface area contributed by atoms with Gasteiger partial charge in [-0.15, -0.1) is 10.2 Å². The number of nitrogens with zero attached hydrogens (tertiary/aromatic N) is 4. The normalized spacial score (nSPS) is 11.4. The van der Waals surface area contributed by atoms with Gasteiger partial charge in [0.25, 0.3) is 0 Å². The molecule has 0 aliphatic rings. The number of anilines is 2. The summed E-state index contributed by atoms with van der Waals surface area (Å²) >= 11 is 0. The Morgan fingerprint density at radius 2 is 1.78 bits per heavy atom. The average Bonchev–Trinajstić information content (AvgIpc) is 3.06. The Kier molecular flexibility index (Phi) is 3.19. The highest BCUT2D eigenvalue weighted by molar-refractivity contribution is 5.92. The van der Waals surface area contributed by atoms with Gasteiger partial charge >= 0.3 is 0 Å². The first kappa shape index (κ1) is 13.7. The summed E-state index contributed by atoms with van der Waals surface area (Å²) in [6, 6.07) is 16.4. The minimum atomic E-state index is 0.521. The lowest BCUT2D eigenvalue weighted by atomic mass is 10.0.